The molecule has 0 aromatic heterocycles. The van der Waals surface area contributed by atoms with Gasteiger partial charge in [-0.2, -0.15) is 0 Å². The van der Waals surface area contributed by atoms with Crippen LogP contribution in [-0.4, -0.2) is 6.54 Å². The van der Waals surface area contributed by atoms with Gasteiger partial charge in [0.2, 0.25) is 0 Å². The summed E-state index contributed by atoms with van der Waals surface area (Å²) in [5, 5.41) is 3.49. The minimum absolute atomic E-state index is 0.186. The number of nitrogens with one attached hydrogen (secondary N) is 1. The Kier molecular flexibility index (Phi) is 4.69. The van der Waals surface area contributed by atoms with Crippen molar-refractivity contribution in [2.75, 3.05) is 6.54 Å². The van der Waals surface area contributed by atoms with E-state index < -0.39 is 0 Å². The van der Waals surface area contributed by atoms with Gasteiger partial charge in [0.15, 0.2) is 0 Å². The molecule has 0 amide bonds. The first-order valence-corrected chi connectivity index (χ1v) is 6.70. The van der Waals surface area contributed by atoms with E-state index in [2.05, 4.69) is 43.4 Å². The van der Waals surface area contributed by atoms with Gasteiger partial charge in [0.1, 0.15) is 5.82 Å². The minimum Gasteiger partial charge on any atom is -0.310 e. The molecule has 1 N–H and O–H groups in total. The first kappa shape index (κ1) is 13.8. The van der Waals surface area contributed by atoms with Crippen LogP contribution in [0.1, 0.15) is 36.9 Å². The predicted octanol–water partition coefficient (Wildman–Crippen LogP) is 4.28. The van der Waals surface area contributed by atoms with Gasteiger partial charge in [0, 0.05) is 12.6 Å². The summed E-state index contributed by atoms with van der Waals surface area (Å²) >= 11 is 0. The lowest BCUT2D eigenvalue weighted by atomic mass is 10.0. The van der Waals surface area contributed by atoms with E-state index in [1.807, 2.05) is 18.2 Å². The third-order valence-corrected chi connectivity index (χ3v) is 3.47. The number of hydrogen-bond donors (Lipinski definition) is 1. The van der Waals surface area contributed by atoms with E-state index in [-0.39, 0.29) is 11.9 Å². The van der Waals surface area contributed by atoms with E-state index in [0.29, 0.717) is 5.92 Å². The molecule has 0 heterocycles. The molecule has 100 valence electrons. The monoisotopic (exact) mass is 257 g/mol. The van der Waals surface area contributed by atoms with Crippen LogP contribution >= 0.6 is 0 Å². The Hall–Kier alpha value is -1.67. The van der Waals surface area contributed by atoms with Crippen LogP contribution in [0.15, 0.2) is 54.6 Å². The average molecular weight is 257 g/mol. The highest BCUT2D eigenvalue weighted by Gasteiger charge is 2.08. The molecule has 0 aliphatic carbocycles. The van der Waals surface area contributed by atoms with Crippen molar-refractivity contribution in [2.24, 2.45) is 0 Å². The van der Waals surface area contributed by atoms with Crippen molar-refractivity contribution in [1.82, 2.24) is 5.32 Å². The van der Waals surface area contributed by atoms with Crippen LogP contribution < -0.4 is 5.32 Å². The molecular formula is C17H20FN. The normalized spacial score (nSPS) is 14.1. The fourth-order valence-electron chi connectivity index (χ4n) is 2.12. The van der Waals surface area contributed by atoms with Gasteiger partial charge in [-0.25, -0.2) is 4.39 Å². The standard InChI is InChI=1S/C17H20FN/c1-13(15-6-4-3-5-7-15)12-19-14(2)16-8-10-17(18)11-9-16/h3-11,13-14,19H,12H2,1-2H3/t13?,14-/m1/s1. The quantitative estimate of drug-likeness (QED) is 0.843. The maximum Gasteiger partial charge on any atom is 0.123 e. The molecule has 0 radical (unpaired) electrons. The average Bonchev–Trinajstić information content (AvgIpc) is 2.46. The van der Waals surface area contributed by atoms with Crippen LogP contribution in [0, 0.1) is 5.82 Å². The predicted molar refractivity (Wildman–Crippen MR) is 77.7 cm³/mol. The van der Waals surface area contributed by atoms with Crippen LogP contribution in [0.5, 0.6) is 0 Å². The second-order valence-electron chi connectivity index (χ2n) is 4.99. The first-order chi connectivity index (χ1) is 9.16. The summed E-state index contributed by atoms with van der Waals surface area (Å²) in [6.07, 6.45) is 0. The third-order valence-electron chi connectivity index (χ3n) is 3.47. The Bertz CT molecular complexity index is 492. The van der Waals surface area contributed by atoms with Crippen molar-refractivity contribution in [2.45, 2.75) is 25.8 Å². The summed E-state index contributed by atoms with van der Waals surface area (Å²) < 4.78 is 12.9. The molecule has 0 aliphatic rings. The lowest BCUT2D eigenvalue weighted by molar-refractivity contribution is 0.535. The van der Waals surface area contributed by atoms with Gasteiger partial charge in [-0.3, -0.25) is 0 Å². The minimum atomic E-state index is -0.186. The summed E-state index contributed by atoms with van der Waals surface area (Å²) in [5.74, 6) is 0.276. The van der Waals surface area contributed by atoms with Gasteiger partial charge in [-0.1, -0.05) is 49.4 Å². The van der Waals surface area contributed by atoms with E-state index in [4.69, 9.17) is 0 Å². The van der Waals surface area contributed by atoms with Crippen molar-refractivity contribution >= 4 is 0 Å². The zero-order valence-corrected chi connectivity index (χ0v) is 11.4. The lowest BCUT2D eigenvalue weighted by Crippen LogP contribution is -2.23. The van der Waals surface area contributed by atoms with E-state index in [0.717, 1.165) is 12.1 Å². The highest BCUT2D eigenvalue weighted by Crippen LogP contribution is 2.17. The Labute approximate surface area is 114 Å². The maximum atomic E-state index is 12.9. The Balaban J connectivity index is 1.90. The summed E-state index contributed by atoms with van der Waals surface area (Å²) in [4.78, 5) is 0. The Morgan fingerprint density at radius 1 is 0.895 bits per heavy atom. The van der Waals surface area contributed by atoms with Gasteiger partial charge in [0.05, 0.1) is 0 Å². The highest BCUT2D eigenvalue weighted by atomic mass is 19.1. The molecule has 2 rings (SSSR count). The van der Waals surface area contributed by atoms with Crippen LogP contribution in [0.25, 0.3) is 0 Å². The number of benzene rings is 2. The van der Waals surface area contributed by atoms with Crippen molar-refractivity contribution in [3.05, 3.63) is 71.5 Å². The van der Waals surface area contributed by atoms with Crippen LogP contribution in [0.3, 0.4) is 0 Å². The SMILES string of the molecule is CC(CN[C@H](C)c1ccc(F)cc1)c1ccccc1. The van der Waals surface area contributed by atoms with E-state index in [1.165, 1.54) is 17.7 Å². The molecule has 0 saturated carbocycles. The fraction of sp³-hybridized carbons (Fsp3) is 0.294. The summed E-state index contributed by atoms with van der Waals surface area (Å²) in [6, 6.07) is 17.4. The molecule has 0 saturated heterocycles. The molecule has 0 fully saturated rings. The van der Waals surface area contributed by atoms with Gasteiger partial charge in [0.25, 0.3) is 0 Å². The summed E-state index contributed by atoms with van der Waals surface area (Å²) in [6.45, 7) is 5.22. The van der Waals surface area contributed by atoms with Crippen LogP contribution in [0.4, 0.5) is 4.39 Å². The van der Waals surface area contributed by atoms with Crippen LogP contribution in [-0.2, 0) is 0 Å². The van der Waals surface area contributed by atoms with Gasteiger partial charge < -0.3 is 5.32 Å². The lowest BCUT2D eigenvalue weighted by Gasteiger charge is -2.18. The molecule has 0 spiro atoms. The van der Waals surface area contributed by atoms with Crippen molar-refractivity contribution in [1.29, 1.82) is 0 Å². The van der Waals surface area contributed by atoms with E-state index in [9.17, 15) is 4.39 Å². The number of hydrogen-bond acceptors (Lipinski definition) is 1. The zero-order chi connectivity index (χ0) is 13.7. The van der Waals surface area contributed by atoms with Gasteiger partial charge in [-0.05, 0) is 36.1 Å². The summed E-state index contributed by atoms with van der Waals surface area (Å²) in [5.41, 5.74) is 2.45. The molecule has 0 aliphatic heterocycles. The van der Waals surface area contributed by atoms with E-state index >= 15 is 0 Å². The third kappa shape index (κ3) is 3.90. The smallest absolute Gasteiger partial charge is 0.123 e. The second kappa shape index (κ2) is 6.48. The van der Waals surface area contributed by atoms with Crippen molar-refractivity contribution < 1.29 is 4.39 Å². The van der Waals surface area contributed by atoms with Gasteiger partial charge >= 0.3 is 0 Å². The Morgan fingerprint density at radius 2 is 1.53 bits per heavy atom. The molecule has 19 heavy (non-hydrogen) atoms. The van der Waals surface area contributed by atoms with Crippen molar-refractivity contribution in [3.63, 3.8) is 0 Å². The Morgan fingerprint density at radius 3 is 2.16 bits per heavy atom. The molecule has 1 nitrogen and oxygen atoms in total. The molecular weight excluding hydrogens is 237 g/mol. The molecule has 2 aromatic carbocycles. The molecule has 2 aromatic rings. The molecule has 2 heteroatoms. The highest BCUT2D eigenvalue weighted by molar-refractivity contribution is 5.21. The summed E-state index contributed by atoms with van der Waals surface area (Å²) in [7, 11) is 0. The van der Waals surface area contributed by atoms with Gasteiger partial charge in [-0.15, -0.1) is 0 Å². The largest absolute Gasteiger partial charge is 0.310 e. The molecule has 1 unspecified atom stereocenters. The van der Waals surface area contributed by atoms with Crippen LogP contribution in [0.2, 0.25) is 0 Å². The first-order valence-electron chi connectivity index (χ1n) is 6.70. The second-order valence-corrected chi connectivity index (χ2v) is 4.99. The maximum absolute atomic E-state index is 12.9. The van der Waals surface area contributed by atoms with E-state index in [1.54, 1.807) is 0 Å². The number of rotatable bonds is 5. The fourth-order valence-corrected chi connectivity index (χ4v) is 2.12. The molecule has 0 bridgehead atoms. The van der Waals surface area contributed by atoms with Crippen molar-refractivity contribution in [3.8, 4) is 0 Å². The molecule has 2 atom stereocenters. The topological polar surface area (TPSA) is 12.0 Å². The number of halogens is 1. The zero-order valence-electron chi connectivity index (χ0n) is 11.4.